The van der Waals surface area contributed by atoms with Crippen LogP contribution >= 0.6 is 23.2 Å². The standard InChI is InChI=1S/C9H8Cl2O/c10-8(6-12)9(11)7-4-2-1-3-5-7/h1-6,8-9H/t8-,9-/m0/s1. The molecule has 3 heteroatoms. The van der Waals surface area contributed by atoms with Gasteiger partial charge < -0.3 is 4.79 Å². The number of aldehydes is 1. The van der Waals surface area contributed by atoms with Gasteiger partial charge in [-0.15, -0.1) is 23.2 Å². The molecule has 0 aliphatic heterocycles. The zero-order chi connectivity index (χ0) is 8.97. The zero-order valence-electron chi connectivity index (χ0n) is 6.28. The molecule has 12 heavy (non-hydrogen) atoms. The first-order chi connectivity index (χ1) is 5.75. The lowest BCUT2D eigenvalue weighted by atomic mass is 10.1. The maximum absolute atomic E-state index is 10.3. The molecule has 1 aromatic rings. The highest BCUT2D eigenvalue weighted by atomic mass is 35.5. The molecule has 0 fully saturated rings. The Bertz CT molecular complexity index is 248. The Kier molecular flexibility index (Phi) is 3.57. The molecule has 0 amide bonds. The van der Waals surface area contributed by atoms with Crippen LogP contribution in [0.4, 0.5) is 0 Å². The molecule has 0 saturated carbocycles. The fourth-order valence-corrected chi connectivity index (χ4v) is 1.24. The van der Waals surface area contributed by atoms with Gasteiger partial charge in [-0.3, -0.25) is 0 Å². The summed E-state index contributed by atoms with van der Waals surface area (Å²) in [7, 11) is 0. The third-order valence-electron chi connectivity index (χ3n) is 1.53. The highest BCUT2D eigenvalue weighted by Gasteiger charge is 2.16. The summed E-state index contributed by atoms with van der Waals surface area (Å²) in [6.07, 6.45) is 0.645. The predicted molar refractivity (Wildman–Crippen MR) is 50.7 cm³/mol. The van der Waals surface area contributed by atoms with Gasteiger partial charge in [-0.2, -0.15) is 0 Å². The molecule has 0 bridgehead atoms. The van der Waals surface area contributed by atoms with Gasteiger partial charge in [0.05, 0.1) is 5.38 Å². The van der Waals surface area contributed by atoms with Gasteiger partial charge in [-0.05, 0) is 5.56 Å². The molecule has 2 atom stereocenters. The lowest BCUT2D eigenvalue weighted by Crippen LogP contribution is -2.08. The van der Waals surface area contributed by atoms with Crippen molar-refractivity contribution in [1.82, 2.24) is 0 Å². The van der Waals surface area contributed by atoms with E-state index >= 15 is 0 Å². The van der Waals surface area contributed by atoms with Crippen LogP contribution in [0.5, 0.6) is 0 Å². The second-order valence-corrected chi connectivity index (χ2v) is 3.37. The molecule has 0 unspecified atom stereocenters. The zero-order valence-corrected chi connectivity index (χ0v) is 7.79. The van der Waals surface area contributed by atoms with Gasteiger partial charge in [0.1, 0.15) is 11.7 Å². The number of hydrogen-bond donors (Lipinski definition) is 0. The number of alkyl halides is 2. The quantitative estimate of drug-likeness (QED) is 0.545. The lowest BCUT2D eigenvalue weighted by molar-refractivity contribution is -0.107. The predicted octanol–water partition coefficient (Wildman–Crippen LogP) is 2.77. The minimum Gasteiger partial charge on any atom is -0.302 e. The van der Waals surface area contributed by atoms with Gasteiger partial charge in [0, 0.05) is 0 Å². The highest BCUT2D eigenvalue weighted by molar-refractivity contribution is 6.35. The highest BCUT2D eigenvalue weighted by Crippen LogP contribution is 2.26. The summed E-state index contributed by atoms with van der Waals surface area (Å²) in [5, 5.41) is -1.10. The lowest BCUT2D eigenvalue weighted by Gasteiger charge is -2.09. The molecule has 0 radical (unpaired) electrons. The maximum atomic E-state index is 10.3. The van der Waals surface area contributed by atoms with E-state index < -0.39 is 10.8 Å². The average Bonchev–Trinajstić information content (AvgIpc) is 2.17. The minimum absolute atomic E-state index is 0.439. The molecule has 0 spiro atoms. The van der Waals surface area contributed by atoms with Gasteiger partial charge in [0.2, 0.25) is 0 Å². The van der Waals surface area contributed by atoms with Gasteiger partial charge in [0.25, 0.3) is 0 Å². The maximum Gasteiger partial charge on any atom is 0.139 e. The van der Waals surface area contributed by atoms with Crippen molar-refractivity contribution in [3.63, 3.8) is 0 Å². The van der Waals surface area contributed by atoms with Gasteiger partial charge in [-0.25, -0.2) is 0 Å². The first-order valence-corrected chi connectivity index (χ1v) is 4.41. The van der Waals surface area contributed by atoms with E-state index in [0.29, 0.717) is 6.29 Å². The van der Waals surface area contributed by atoms with Crippen LogP contribution in [0.1, 0.15) is 10.9 Å². The summed E-state index contributed by atoms with van der Waals surface area (Å²) in [6.45, 7) is 0. The molecule has 0 heterocycles. The summed E-state index contributed by atoms with van der Waals surface area (Å²) in [6, 6.07) is 9.29. The number of rotatable bonds is 3. The third-order valence-corrected chi connectivity index (χ3v) is 2.53. The summed E-state index contributed by atoms with van der Waals surface area (Å²) in [5.41, 5.74) is 0.867. The number of carbonyl (C=O) groups is 1. The van der Waals surface area contributed by atoms with Crippen LogP contribution in [-0.2, 0) is 4.79 Å². The Labute approximate surface area is 81.3 Å². The van der Waals surface area contributed by atoms with E-state index in [1.807, 2.05) is 30.3 Å². The topological polar surface area (TPSA) is 17.1 Å². The Morgan fingerprint density at radius 3 is 2.25 bits per heavy atom. The smallest absolute Gasteiger partial charge is 0.139 e. The Balaban J connectivity index is 2.78. The van der Waals surface area contributed by atoms with Crippen LogP contribution in [0.25, 0.3) is 0 Å². The van der Waals surface area contributed by atoms with E-state index in [-0.39, 0.29) is 0 Å². The average molecular weight is 203 g/mol. The second-order valence-electron chi connectivity index (χ2n) is 2.39. The Morgan fingerprint density at radius 2 is 1.75 bits per heavy atom. The largest absolute Gasteiger partial charge is 0.302 e. The van der Waals surface area contributed by atoms with Crippen LogP contribution in [-0.4, -0.2) is 11.7 Å². The first kappa shape index (κ1) is 9.56. The molecule has 1 rings (SSSR count). The van der Waals surface area contributed by atoms with E-state index in [0.717, 1.165) is 5.56 Å². The molecule has 0 N–H and O–H groups in total. The van der Waals surface area contributed by atoms with Crippen molar-refractivity contribution in [2.24, 2.45) is 0 Å². The van der Waals surface area contributed by atoms with Crippen molar-refractivity contribution in [2.75, 3.05) is 0 Å². The SMILES string of the molecule is O=C[C@H](Cl)[C@@H](Cl)c1ccccc1. The number of benzene rings is 1. The van der Waals surface area contributed by atoms with E-state index in [1.54, 1.807) is 0 Å². The van der Waals surface area contributed by atoms with Crippen molar-refractivity contribution in [3.8, 4) is 0 Å². The van der Waals surface area contributed by atoms with E-state index in [9.17, 15) is 4.79 Å². The van der Waals surface area contributed by atoms with Gasteiger partial charge in [0.15, 0.2) is 0 Å². The van der Waals surface area contributed by atoms with Crippen LogP contribution in [0.3, 0.4) is 0 Å². The molecule has 1 nitrogen and oxygen atoms in total. The summed E-state index contributed by atoms with van der Waals surface area (Å²) in [4.78, 5) is 10.3. The monoisotopic (exact) mass is 202 g/mol. The van der Waals surface area contributed by atoms with Crippen LogP contribution in [0, 0.1) is 0 Å². The van der Waals surface area contributed by atoms with E-state index in [1.165, 1.54) is 0 Å². The first-order valence-electron chi connectivity index (χ1n) is 3.54. The molecule has 0 aliphatic carbocycles. The van der Waals surface area contributed by atoms with E-state index in [4.69, 9.17) is 23.2 Å². The number of hydrogen-bond acceptors (Lipinski definition) is 1. The molecule has 0 saturated heterocycles. The molecule has 0 aliphatic rings. The molecular weight excluding hydrogens is 195 g/mol. The van der Waals surface area contributed by atoms with Gasteiger partial charge >= 0.3 is 0 Å². The van der Waals surface area contributed by atoms with Crippen LogP contribution in [0.2, 0.25) is 0 Å². The fourth-order valence-electron chi connectivity index (χ4n) is 0.890. The van der Waals surface area contributed by atoms with Crippen molar-refractivity contribution >= 4 is 29.5 Å². The van der Waals surface area contributed by atoms with Crippen molar-refractivity contribution in [1.29, 1.82) is 0 Å². The molecule has 0 aromatic heterocycles. The molecule has 64 valence electrons. The third kappa shape index (κ3) is 2.23. The minimum atomic E-state index is -0.658. The van der Waals surface area contributed by atoms with Crippen LogP contribution in [0.15, 0.2) is 30.3 Å². The summed E-state index contributed by atoms with van der Waals surface area (Å²) in [5.74, 6) is 0. The summed E-state index contributed by atoms with van der Waals surface area (Å²) < 4.78 is 0. The van der Waals surface area contributed by atoms with Crippen LogP contribution < -0.4 is 0 Å². The number of carbonyl (C=O) groups excluding carboxylic acids is 1. The second kappa shape index (κ2) is 4.48. The van der Waals surface area contributed by atoms with Crippen molar-refractivity contribution in [2.45, 2.75) is 10.8 Å². The summed E-state index contributed by atoms with van der Waals surface area (Å²) >= 11 is 11.5. The normalized spacial score (nSPS) is 15.2. The van der Waals surface area contributed by atoms with Crippen molar-refractivity contribution in [3.05, 3.63) is 35.9 Å². The van der Waals surface area contributed by atoms with Crippen molar-refractivity contribution < 1.29 is 4.79 Å². The van der Waals surface area contributed by atoms with Gasteiger partial charge in [-0.1, -0.05) is 30.3 Å². The Hall–Kier alpha value is -0.530. The Morgan fingerprint density at radius 1 is 1.17 bits per heavy atom. The molecular formula is C9H8Cl2O. The fraction of sp³-hybridized carbons (Fsp3) is 0.222. The van der Waals surface area contributed by atoms with E-state index in [2.05, 4.69) is 0 Å². The number of halogens is 2. The molecule has 1 aromatic carbocycles.